The van der Waals surface area contributed by atoms with Gasteiger partial charge in [0.25, 0.3) is 0 Å². The number of hydrogen-bond donors (Lipinski definition) is 1. The molecule has 15 heavy (non-hydrogen) atoms. The van der Waals surface area contributed by atoms with Gasteiger partial charge in [0.05, 0.1) is 5.69 Å². The van der Waals surface area contributed by atoms with Gasteiger partial charge in [-0.1, -0.05) is 0 Å². The number of thiazole rings is 1. The number of aryl methyl sites for hydroxylation is 2. The predicted molar refractivity (Wildman–Crippen MR) is 67.7 cm³/mol. The zero-order valence-electron chi connectivity index (χ0n) is 9.13. The van der Waals surface area contributed by atoms with E-state index in [4.69, 9.17) is 0 Å². The van der Waals surface area contributed by atoms with Gasteiger partial charge in [-0.25, -0.2) is 4.98 Å². The third-order valence-electron chi connectivity index (χ3n) is 2.18. The van der Waals surface area contributed by atoms with E-state index >= 15 is 0 Å². The van der Waals surface area contributed by atoms with E-state index in [2.05, 4.69) is 35.6 Å². The Morgan fingerprint density at radius 3 is 2.80 bits per heavy atom. The van der Waals surface area contributed by atoms with Crippen molar-refractivity contribution in [3.05, 3.63) is 26.9 Å². The second kappa shape index (κ2) is 4.43. The van der Waals surface area contributed by atoms with Gasteiger partial charge in [0.1, 0.15) is 5.01 Å². The topological polar surface area (TPSA) is 24.9 Å². The van der Waals surface area contributed by atoms with E-state index in [-0.39, 0.29) is 0 Å². The number of rotatable bonds is 3. The third kappa shape index (κ3) is 2.27. The first kappa shape index (κ1) is 10.8. The molecule has 80 valence electrons. The molecule has 0 aliphatic rings. The first-order chi connectivity index (χ1) is 7.20. The van der Waals surface area contributed by atoms with Crippen molar-refractivity contribution in [3.8, 4) is 10.6 Å². The Bertz CT molecular complexity index is 457. The quantitative estimate of drug-likeness (QED) is 0.888. The standard InChI is InChI=1S/C11H14N2S2/c1-7-4-10(8(2)15-7)11-13-9(5-12-3)6-14-11/h4,6,12H,5H2,1-3H3. The highest BCUT2D eigenvalue weighted by Gasteiger charge is 2.09. The van der Waals surface area contributed by atoms with Gasteiger partial charge in [-0.2, -0.15) is 0 Å². The van der Waals surface area contributed by atoms with Crippen molar-refractivity contribution in [2.24, 2.45) is 0 Å². The lowest BCUT2D eigenvalue weighted by Gasteiger charge is -1.93. The van der Waals surface area contributed by atoms with Crippen LogP contribution in [0, 0.1) is 13.8 Å². The summed E-state index contributed by atoms with van der Waals surface area (Å²) in [4.78, 5) is 7.32. The maximum absolute atomic E-state index is 4.61. The summed E-state index contributed by atoms with van der Waals surface area (Å²) in [5, 5.41) is 6.38. The molecule has 0 aliphatic heterocycles. The lowest BCUT2D eigenvalue weighted by Crippen LogP contribution is -2.04. The average molecular weight is 238 g/mol. The Hall–Kier alpha value is -0.710. The molecular formula is C11H14N2S2. The van der Waals surface area contributed by atoms with Crippen LogP contribution in [-0.2, 0) is 6.54 Å². The summed E-state index contributed by atoms with van der Waals surface area (Å²) in [7, 11) is 1.94. The van der Waals surface area contributed by atoms with E-state index in [0.717, 1.165) is 17.2 Å². The summed E-state index contributed by atoms with van der Waals surface area (Å²) in [6.45, 7) is 5.15. The number of hydrogen-bond acceptors (Lipinski definition) is 4. The summed E-state index contributed by atoms with van der Waals surface area (Å²) in [6.07, 6.45) is 0. The van der Waals surface area contributed by atoms with Crippen LogP contribution in [0.15, 0.2) is 11.4 Å². The fourth-order valence-electron chi connectivity index (χ4n) is 1.54. The van der Waals surface area contributed by atoms with E-state index in [9.17, 15) is 0 Å². The molecule has 0 aromatic carbocycles. The molecule has 0 radical (unpaired) electrons. The summed E-state index contributed by atoms with van der Waals surface area (Å²) in [5.74, 6) is 0. The maximum Gasteiger partial charge on any atom is 0.124 e. The van der Waals surface area contributed by atoms with E-state index in [0.29, 0.717) is 0 Å². The Balaban J connectivity index is 2.32. The van der Waals surface area contributed by atoms with Crippen LogP contribution in [0.1, 0.15) is 15.4 Å². The molecule has 4 heteroatoms. The first-order valence-electron chi connectivity index (χ1n) is 4.87. The average Bonchev–Trinajstić information content (AvgIpc) is 2.73. The minimum absolute atomic E-state index is 0.846. The molecule has 0 spiro atoms. The van der Waals surface area contributed by atoms with Crippen molar-refractivity contribution < 1.29 is 0 Å². The first-order valence-corrected chi connectivity index (χ1v) is 6.56. The zero-order valence-corrected chi connectivity index (χ0v) is 10.8. The normalized spacial score (nSPS) is 10.9. The van der Waals surface area contributed by atoms with Crippen LogP contribution in [0.25, 0.3) is 10.6 Å². The highest BCUT2D eigenvalue weighted by molar-refractivity contribution is 7.15. The molecule has 0 saturated carbocycles. The van der Waals surface area contributed by atoms with Crippen molar-refractivity contribution >= 4 is 22.7 Å². The minimum Gasteiger partial charge on any atom is -0.314 e. The van der Waals surface area contributed by atoms with Gasteiger partial charge in [-0.3, -0.25) is 0 Å². The molecule has 2 nitrogen and oxygen atoms in total. The van der Waals surface area contributed by atoms with E-state index < -0.39 is 0 Å². The summed E-state index contributed by atoms with van der Waals surface area (Å²) >= 11 is 3.56. The largest absolute Gasteiger partial charge is 0.314 e. The molecule has 0 saturated heterocycles. The fourth-order valence-corrected chi connectivity index (χ4v) is 3.42. The Morgan fingerprint density at radius 1 is 1.40 bits per heavy atom. The zero-order chi connectivity index (χ0) is 10.8. The summed E-state index contributed by atoms with van der Waals surface area (Å²) in [6, 6.07) is 2.22. The Labute approximate surface area is 98.0 Å². The smallest absolute Gasteiger partial charge is 0.124 e. The van der Waals surface area contributed by atoms with E-state index in [1.165, 1.54) is 15.3 Å². The van der Waals surface area contributed by atoms with Crippen molar-refractivity contribution in [2.45, 2.75) is 20.4 Å². The van der Waals surface area contributed by atoms with Crippen molar-refractivity contribution in [1.82, 2.24) is 10.3 Å². The highest BCUT2D eigenvalue weighted by Crippen LogP contribution is 2.32. The molecule has 0 aliphatic carbocycles. The van der Waals surface area contributed by atoms with E-state index in [1.54, 1.807) is 11.3 Å². The van der Waals surface area contributed by atoms with Crippen LogP contribution in [0.5, 0.6) is 0 Å². The van der Waals surface area contributed by atoms with Gasteiger partial charge in [0.2, 0.25) is 0 Å². The van der Waals surface area contributed by atoms with Gasteiger partial charge in [0.15, 0.2) is 0 Å². The number of aromatic nitrogens is 1. The van der Waals surface area contributed by atoms with Crippen LogP contribution in [-0.4, -0.2) is 12.0 Å². The second-order valence-corrected chi connectivity index (χ2v) is 5.82. The minimum atomic E-state index is 0.846. The highest BCUT2D eigenvalue weighted by atomic mass is 32.1. The van der Waals surface area contributed by atoms with Crippen LogP contribution < -0.4 is 5.32 Å². The molecule has 0 atom stereocenters. The second-order valence-electron chi connectivity index (χ2n) is 3.50. The third-order valence-corrected chi connectivity index (χ3v) is 4.07. The lowest BCUT2D eigenvalue weighted by atomic mass is 10.2. The van der Waals surface area contributed by atoms with Gasteiger partial charge in [0, 0.05) is 27.2 Å². The molecule has 0 unspecified atom stereocenters. The van der Waals surface area contributed by atoms with Crippen LogP contribution in [0.4, 0.5) is 0 Å². The maximum atomic E-state index is 4.61. The fraction of sp³-hybridized carbons (Fsp3) is 0.364. The molecule has 2 heterocycles. The monoisotopic (exact) mass is 238 g/mol. The lowest BCUT2D eigenvalue weighted by molar-refractivity contribution is 0.798. The van der Waals surface area contributed by atoms with Gasteiger partial charge >= 0.3 is 0 Å². The summed E-state index contributed by atoms with van der Waals surface area (Å²) in [5.41, 5.74) is 2.42. The number of thiophene rings is 1. The SMILES string of the molecule is CNCc1csc(-c2cc(C)sc2C)n1. The number of nitrogens with zero attached hydrogens (tertiary/aromatic N) is 1. The molecule has 0 fully saturated rings. The molecule has 2 aromatic rings. The van der Waals surface area contributed by atoms with Gasteiger partial charge < -0.3 is 5.32 Å². The van der Waals surface area contributed by atoms with Crippen molar-refractivity contribution in [1.29, 1.82) is 0 Å². The molecule has 2 rings (SSSR count). The van der Waals surface area contributed by atoms with E-state index in [1.807, 2.05) is 18.4 Å². The van der Waals surface area contributed by atoms with Crippen LogP contribution in [0.2, 0.25) is 0 Å². The van der Waals surface area contributed by atoms with Crippen molar-refractivity contribution in [2.75, 3.05) is 7.05 Å². The van der Waals surface area contributed by atoms with Gasteiger partial charge in [-0.15, -0.1) is 22.7 Å². The molecule has 0 amide bonds. The Morgan fingerprint density at radius 2 is 2.20 bits per heavy atom. The molecule has 0 bridgehead atoms. The predicted octanol–water partition coefficient (Wildman–Crippen LogP) is 3.21. The van der Waals surface area contributed by atoms with Crippen LogP contribution >= 0.6 is 22.7 Å². The van der Waals surface area contributed by atoms with Crippen molar-refractivity contribution in [3.63, 3.8) is 0 Å². The molecule has 2 aromatic heterocycles. The molecule has 1 N–H and O–H groups in total. The Kier molecular flexibility index (Phi) is 3.19. The van der Waals surface area contributed by atoms with Crippen LogP contribution in [0.3, 0.4) is 0 Å². The molecular weight excluding hydrogens is 224 g/mol. The van der Waals surface area contributed by atoms with Gasteiger partial charge in [-0.05, 0) is 27.0 Å². The number of nitrogens with one attached hydrogen (secondary N) is 1. The summed E-state index contributed by atoms with van der Waals surface area (Å²) < 4.78 is 0.